The van der Waals surface area contributed by atoms with E-state index >= 15 is 0 Å². The second-order valence-corrected chi connectivity index (χ2v) is 10.9. The Labute approximate surface area is 208 Å². The molecule has 0 radical (unpaired) electrons. The summed E-state index contributed by atoms with van der Waals surface area (Å²) in [7, 11) is 1.68. The fraction of sp³-hybridized carbons (Fsp3) is 0.429. The van der Waals surface area contributed by atoms with Gasteiger partial charge in [-0.2, -0.15) is 9.97 Å². The highest BCUT2D eigenvalue weighted by molar-refractivity contribution is 5.64. The van der Waals surface area contributed by atoms with Crippen molar-refractivity contribution in [2.75, 3.05) is 41.9 Å². The predicted molar refractivity (Wildman–Crippen MR) is 143 cm³/mol. The first kappa shape index (κ1) is 24.6. The summed E-state index contributed by atoms with van der Waals surface area (Å²) in [6.07, 6.45) is 0. The van der Waals surface area contributed by atoms with Gasteiger partial charge in [-0.15, -0.1) is 0 Å². The Morgan fingerprint density at radius 3 is 2.34 bits per heavy atom. The molecular formula is C28H37N5O2. The van der Waals surface area contributed by atoms with Crippen LogP contribution in [0.2, 0.25) is 0 Å². The lowest BCUT2D eigenvalue weighted by molar-refractivity contribution is 0.405. The van der Waals surface area contributed by atoms with Crippen LogP contribution in [0.1, 0.15) is 45.7 Å². The number of aromatic hydroxyl groups is 1. The topological polar surface area (TPSA) is 73.8 Å². The molecule has 0 aliphatic carbocycles. The number of aromatic nitrogens is 2. The van der Waals surface area contributed by atoms with Gasteiger partial charge in [0, 0.05) is 37.1 Å². The van der Waals surface area contributed by atoms with E-state index in [1.165, 1.54) is 5.56 Å². The molecule has 7 heteroatoms. The minimum absolute atomic E-state index is 0.0399. The fourth-order valence-corrected chi connectivity index (χ4v) is 4.55. The summed E-state index contributed by atoms with van der Waals surface area (Å²) in [5, 5.41) is 13.8. The van der Waals surface area contributed by atoms with Crippen LogP contribution >= 0.6 is 0 Å². The van der Waals surface area contributed by atoms with Gasteiger partial charge >= 0.3 is 0 Å². The third-order valence-corrected chi connectivity index (χ3v) is 6.64. The molecule has 0 saturated carbocycles. The number of nitrogens with zero attached hydrogens (tertiary/aromatic N) is 4. The Morgan fingerprint density at radius 1 is 1.00 bits per heavy atom. The second kappa shape index (κ2) is 9.29. The molecule has 0 bridgehead atoms. The summed E-state index contributed by atoms with van der Waals surface area (Å²) in [5.41, 5.74) is 4.37. The van der Waals surface area contributed by atoms with Gasteiger partial charge in [0.05, 0.1) is 12.6 Å². The van der Waals surface area contributed by atoms with Crippen molar-refractivity contribution in [3.63, 3.8) is 0 Å². The van der Waals surface area contributed by atoms with Gasteiger partial charge in [0.1, 0.15) is 11.6 Å². The number of hydrogen-bond acceptors (Lipinski definition) is 7. The number of piperazine rings is 1. The van der Waals surface area contributed by atoms with Crippen molar-refractivity contribution in [3.8, 4) is 11.6 Å². The van der Waals surface area contributed by atoms with E-state index in [0.29, 0.717) is 11.8 Å². The molecule has 1 aliphatic heterocycles. The summed E-state index contributed by atoms with van der Waals surface area (Å²) in [6, 6.07) is 16.2. The molecule has 2 N–H and O–H groups in total. The molecule has 2 heterocycles. The Morgan fingerprint density at radius 2 is 1.71 bits per heavy atom. The van der Waals surface area contributed by atoms with E-state index in [0.717, 1.165) is 42.3 Å². The third kappa shape index (κ3) is 5.45. The molecule has 3 aromatic rings. The van der Waals surface area contributed by atoms with Gasteiger partial charge in [0.25, 0.3) is 0 Å². The maximum Gasteiger partial charge on any atom is 0.230 e. The lowest BCUT2D eigenvalue weighted by Crippen LogP contribution is -2.60. The van der Waals surface area contributed by atoms with Gasteiger partial charge in [-0.25, -0.2) is 0 Å². The lowest BCUT2D eigenvalue weighted by Gasteiger charge is -2.48. The number of methoxy groups -OCH3 is 1. The molecule has 0 spiro atoms. The average Bonchev–Trinajstić information content (AvgIpc) is 2.79. The Balaban J connectivity index is 1.55. The van der Waals surface area contributed by atoms with Gasteiger partial charge in [-0.1, -0.05) is 32.9 Å². The van der Waals surface area contributed by atoms with E-state index in [9.17, 15) is 5.11 Å². The van der Waals surface area contributed by atoms with Crippen molar-refractivity contribution in [1.29, 1.82) is 0 Å². The third-order valence-electron chi connectivity index (χ3n) is 6.64. The zero-order chi connectivity index (χ0) is 25.4. The van der Waals surface area contributed by atoms with Gasteiger partial charge in [0.15, 0.2) is 0 Å². The molecule has 1 aliphatic rings. The van der Waals surface area contributed by atoms with Crippen molar-refractivity contribution < 1.29 is 9.84 Å². The summed E-state index contributed by atoms with van der Waals surface area (Å²) < 4.78 is 5.31. The highest BCUT2D eigenvalue weighted by Gasteiger charge is 2.35. The van der Waals surface area contributed by atoms with Crippen molar-refractivity contribution >= 4 is 23.1 Å². The molecular weight excluding hydrogens is 438 g/mol. The molecule has 186 valence electrons. The smallest absolute Gasteiger partial charge is 0.230 e. The molecule has 1 aromatic heterocycles. The van der Waals surface area contributed by atoms with Crippen LogP contribution in [0, 0.1) is 6.92 Å². The molecule has 1 fully saturated rings. The van der Waals surface area contributed by atoms with Crippen molar-refractivity contribution in [1.82, 2.24) is 9.97 Å². The Kier molecular flexibility index (Phi) is 6.54. The number of anilines is 4. The number of rotatable bonds is 5. The van der Waals surface area contributed by atoms with E-state index in [1.807, 2.05) is 12.1 Å². The number of hydrogen-bond donors (Lipinski definition) is 2. The fourth-order valence-electron chi connectivity index (χ4n) is 4.55. The van der Waals surface area contributed by atoms with Crippen LogP contribution in [0.3, 0.4) is 0 Å². The van der Waals surface area contributed by atoms with E-state index < -0.39 is 0 Å². The molecule has 0 amide bonds. The summed E-state index contributed by atoms with van der Waals surface area (Å²) in [6.45, 7) is 15.4. The van der Waals surface area contributed by atoms with Crippen molar-refractivity contribution in [2.24, 2.45) is 0 Å². The molecule has 35 heavy (non-hydrogen) atoms. The molecule has 4 rings (SSSR count). The van der Waals surface area contributed by atoms with E-state index in [2.05, 4.69) is 92.0 Å². The number of benzene rings is 2. The minimum Gasteiger partial charge on any atom is -0.497 e. The molecule has 0 atom stereocenters. The van der Waals surface area contributed by atoms with E-state index in [-0.39, 0.29) is 16.8 Å². The minimum atomic E-state index is -0.160. The standard InChI is InChI=1S/C28H37N5O2/c1-19-8-9-20(27(2,3)4)16-23(19)29-24-17-25(34)31-26(30-24)32-14-15-33(28(5,6)18-32)21-10-12-22(35-7)13-11-21/h8-13,16-17H,14-15,18H2,1-7H3,(H2,29,30,31,34). The highest BCUT2D eigenvalue weighted by Crippen LogP contribution is 2.33. The maximum atomic E-state index is 10.4. The zero-order valence-corrected chi connectivity index (χ0v) is 21.9. The number of nitrogens with one attached hydrogen (secondary N) is 1. The van der Waals surface area contributed by atoms with Crippen LogP contribution in [-0.2, 0) is 5.41 Å². The molecule has 0 unspecified atom stereocenters. The largest absolute Gasteiger partial charge is 0.497 e. The zero-order valence-electron chi connectivity index (χ0n) is 21.9. The Hall–Kier alpha value is -3.48. The van der Waals surface area contributed by atoms with Gasteiger partial charge in [-0.05, 0) is 67.6 Å². The van der Waals surface area contributed by atoms with Crippen LogP contribution in [0.5, 0.6) is 11.6 Å². The first-order valence-electron chi connectivity index (χ1n) is 12.1. The molecule has 7 nitrogen and oxygen atoms in total. The summed E-state index contributed by atoms with van der Waals surface area (Å²) in [4.78, 5) is 13.7. The number of aryl methyl sites for hydroxylation is 1. The first-order valence-corrected chi connectivity index (χ1v) is 12.1. The lowest BCUT2D eigenvalue weighted by atomic mass is 9.86. The van der Waals surface area contributed by atoms with Gasteiger partial charge < -0.3 is 25.0 Å². The van der Waals surface area contributed by atoms with Gasteiger partial charge in [0.2, 0.25) is 11.8 Å². The molecule has 1 saturated heterocycles. The monoisotopic (exact) mass is 475 g/mol. The quantitative estimate of drug-likeness (QED) is 0.494. The summed E-state index contributed by atoms with van der Waals surface area (Å²) >= 11 is 0. The van der Waals surface area contributed by atoms with Crippen LogP contribution in [0.4, 0.5) is 23.1 Å². The average molecular weight is 476 g/mol. The SMILES string of the molecule is COc1ccc(N2CCN(c3nc(O)cc(Nc4cc(C(C)(C)C)ccc4C)n3)CC2(C)C)cc1. The number of ether oxygens (including phenoxy) is 1. The van der Waals surface area contributed by atoms with E-state index in [1.54, 1.807) is 13.2 Å². The predicted octanol–water partition coefficient (Wildman–Crippen LogP) is 5.65. The van der Waals surface area contributed by atoms with Crippen LogP contribution in [-0.4, -0.2) is 47.4 Å². The van der Waals surface area contributed by atoms with E-state index in [4.69, 9.17) is 9.72 Å². The van der Waals surface area contributed by atoms with Crippen molar-refractivity contribution in [3.05, 3.63) is 59.7 Å². The summed E-state index contributed by atoms with van der Waals surface area (Å²) in [5.74, 6) is 1.91. The first-order chi connectivity index (χ1) is 16.5. The van der Waals surface area contributed by atoms with Crippen LogP contribution in [0.15, 0.2) is 48.5 Å². The highest BCUT2D eigenvalue weighted by atomic mass is 16.5. The molecule has 2 aromatic carbocycles. The van der Waals surface area contributed by atoms with Crippen LogP contribution < -0.4 is 19.9 Å². The Bertz CT molecular complexity index is 1180. The second-order valence-electron chi connectivity index (χ2n) is 10.9. The van der Waals surface area contributed by atoms with Gasteiger partial charge in [-0.3, -0.25) is 0 Å². The normalized spacial score (nSPS) is 15.7. The maximum absolute atomic E-state index is 10.4. The van der Waals surface area contributed by atoms with Crippen LogP contribution in [0.25, 0.3) is 0 Å². The van der Waals surface area contributed by atoms with Crippen molar-refractivity contribution in [2.45, 2.75) is 52.5 Å².